The van der Waals surface area contributed by atoms with E-state index >= 15 is 0 Å². The Morgan fingerprint density at radius 2 is 1.67 bits per heavy atom. The summed E-state index contributed by atoms with van der Waals surface area (Å²) in [4.78, 5) is 2.64. The molecule has 2 unspecified atom stereocenters. The Morgan fingerprint density at radius 3 is 2.29 bits per heavy atom. The average Bonchev–Trinajstić information content (AvgIpc) is 2.41. The van der Waals surface area contributed by atoms with E-state index < -0.39 is 0 Å². The van der Waals surface area contributed by atoms with Gasteiger partial charge in [0.25, 0.3) is 0 Å². The van der Waals surface area contributed by atoms with Crippen molar-refractivity contribution in [3.63, 3.8) is 0 Å². The summed E-state index contributed by atoms with van der Waals surface area (Å²) < 4.78 is 0. The maximum Gasteiger partial charge on any atom is 0.0236 e. The summed E-state index contributed by atoms with van der Waals surface area (Å²) in [7, 11) is 0. The van der Waals surface area contributed by atoms with Crippen LogP contribution in [0.1, 0.15) is 58.6 Å². The van der Waals surface area contributed by atoms with Gasteiger partial charge in [-0.25, -0.2) is 0 Å². The van der Waals surface area contributed by atoms with Gasteiger partial charge in [0.05, 0.1) is 0 Å². The van der Waals surface area contributed by atoms with Crippen LogP contribution in [0.15, 0.2) is 24.3 Å². The average molecular weight is 288 g/mol. The molecule has 0 amide bonds. The van der Waals surface area contributed by atoms with Crippen molar-refractivity contribution in [2.75, 3.05) is 6.54 Å². The molecule has 2 atom stereocenters. The lowest BCUT2D eigenvalue weighted by Crippen LogP contribution is -2.40. The maximum atomic E-state index is 3.54. The Kier molecular flexibility index (Phi) is 5.45. The van der Waals surface area contributed by atoms with Gasteiger partial charge in [-0.15, -0.1) is 0 Å². The summed E-state index contributed by atoms with van der Waals surface area (Å²) in [5.74, 6) is 0.844. The van der Waals surface area contributed by atoms with Crippen LogP contribution in [0.2, 0.25) is 0 Å². The van der Waals surface area contributed by atoms with Crippen molar-refractivity contribution in [2.24, 2.45) is 5.92 Å². The molecule has 2 heteroatoms. The van der Waals surface area contributed by atoms with Gasteiger partial charge in [-0.1, -0.05) is 31.2 Å². The molecule has 0 aromatic heterocycles. The molecule has 0 bridgehead atoms. The zero-order valence-corrected chi connectivity index (χ0v) is 14.4. The topological polar surface area (TPSA) is 15.3 Å². The molecule has 1 aromatic carbocycles. The van der Waals surface area contributed by atoms with E-state index in [9.17, 15) is 0 Å². The van der Waals surface area contributed by atoms with E-state index in [4.69, 9.17) is 0 Å². The Morgan fingerprint density at radius 1 is 1.05 bits per heavy atom. The number of hydrogen-bond acceptors (Lipinski definition) is 2. The fraction of sp³-hybridized carbons (Fsp3) is 0.684. The normalized spacial score (nSPS) is 24.2. The molecule has 1 aliphatic rings. The summed E-state index contributed by atoms with van der Waals surface area (Å²) in [5.41, 5.74) is 2.99. The van der Waals surface area contributed by atoms with Gasteiger partial charge in [0.15, 0.2) is 0 Å². The lowest BCUT2D eigenvalue weighted by atomic mass is 9.94. The summed E-state index contributed by atoms with van der Waals surface area (Å²) in [6, 6.07) is 9.86. The van der Waals surface area contributed by atoms with Gasteiger partial charge >= 0.3 is 0 Å². The molecule has 1 fully saturated rings. The van der Waals surface area contributed by atoms with E-state index in [-0.39, 0.29) is 5.54 Å². The molecule has 0 radical (unpaired) electrons. The van der Waals surface area contributed by atoms with Gasteiger partial charge in [-0.05, 0) is 57.6 Å². The van der Waals surface area contributed by atoms with Crippen molar-refractivity contribution in [3.05, 3.63) is 35.4 Å². The molecule has 2 rings (SSSR count). The molecule has 21 heavy (non-hydrogen) atoms. The smallest absolute Gasteiger partial charge is 0.0236 e. The van der Waals surface area contributed by atoms with Crippen LogP contribution in [0, 0.1) is 5.92 Å². The molecular formula is C19H32N2. The zero-order valence-electron chi connectivity index (χ0n) is 14.4. The molecule has 0 spiro atoms. The van der Waals surface area contributed by atoms with Crippen molar-refractivity contribution in [2.45, 2.75) is 72.1 Å². The summed E-state index contributed by atoms with van der Waals surface area (Å²) in [5, 5.41) is 3.54. The first kappa shape index (κ1) is 16.5. The Hall–Kier alpha value is -0.860. The third kappa shape index (κ3) is 5.44. The van der Waals surface area contributed by atoms with Crippen molar-refractivity contribution < 1.29 is 0 Å². The minimum Gasteiger partial charge on any atom is -0.308 e. The van der Waals surface area contributed by atoms with Crippen LogP contribution in [0.4, 0.5) is 0 Å². The van der Waals surface area contributed by atoms with E-state index in [1.807, 2.05) is 0 Å². The quantitative estimate of drug-likeness (QED) is 0.893. The molecule has 1 aromatic rings. The highest BCUT2D eigenvalue weighted by Gasteiger charge is 2.22. The molecule has 2 nitrogen and oxygen atoms in total. The molecule has 1 saturated heterocycles. The first-order chi connectivity index (χ1) is 9.83. The second-order valence-electron chi connectivity index (χ2n) is 7.88. The van der Waals surface area contributed by atoms with E-state index in [0.29, 0.717) is 0 Å². The SMILES string of the molecule is CC1CCC(C)N(Cc2ccc(CNC(C)(C)C)cc2)C1. The number of likely N-dealkylation sites (tertiary alicyclic amines) is 1. The second-order valence-corrected chi connectivity index (χ2v) is 7.88. The Labute approximate surface area is 130 Å². The fourth-order valence-corrected chi connectivity index (χ4v) is 2.96. The highest BCUT2D eigenvalue weighted by atomic mass is 15.2. The van der Waals surface area contributed by atoms with Crippen LogP contribution in [0.25, 0.3) is 0 Å². The number of piperidine rings is 1. The van der Waals surface area contributed by atoms with Crippen molar-refractivity contribution in [3.8, 4) is 0 Å². The van der Waals surface area contributed by atoms with Gasteiger partial charge in [0.1, 0.15) is 0 Å². The van der Waals surface area contributed by atoms with Gasteiger partial charge in [-0.3, -0.25) is 4.90 Å². The number of nitrogens with zero attached hydrogens (tertiary/aromatic N) is 1. The third-order valence-electron chi connectivity index (χ3n) is 4.48. The minimum absolute atomic E-state index is 0.179. The van der Waals surface area contributed by atoms with Crippen LogP contribution >= 0.6 is 0 Å². The number of rotatable bonds is 4. The van der Waals surface area contributed by atoms with Gasteiger partial charge in [0.2, 0.25) is 0 Å². The first-order valence-corrected chi connectivity index (χ1v) is 8.40. The zero-order chi connectivity index (χ0) is 15.5. The van der Waals surface area contributed by atoms with Crippen LogP contribution in [0.3, 0.4) is 0 Å². The fourth-order valence-electron chi connectivity index (χ4n) is 2.96. The highest BCUT2D eigenvalue weighted by molar-refractivity contribution is 5.22. The second kappa shape index (κ2) is 6.93. The van der Waals surface area contributed by atoms with E-state index in [2.05, 4.69) is 69.1 Å². The maximum absolute atomic E-state index is 3.54. The third-order valence-corrected chi connectivity index (χ3v) is 4.48. The summed E-state index contributed by atoms with van der Waals surface area (Å²) in [6.45, 7) is 14.7. The van der Waals surface area contributed by atoms with Crippen LogP contribution in [0.5, 0.6) is 0 Å². The Balaban J connectivity index is 1.90. The van der Waals surface area contributed by atoms with Gasteiger partial charge in [0, 0.05) is 31.2 Å². The lowest BCUT2D eigenvalue weighted by molar-refractivity contribution is 0.117. The number of nitrogens with one attached hydrogen (secondary N) is 1. The van der Waals surface area contributed by atoms with Crippen molar-refractivity contribution in [1.82, 2.24) is 10.2 Å². The molecule has 0 aliphatic carbocycles. The molecule has 1 heterocycles. The molecule has 118 valence electrons. The minimum atomic E-state index is 0.179. The molecule has 1 N–H and O–H groups in total. The summed E-state index contributed by atoms with van der Waals surface area (Å²) >= 11 is 0. The number of hydrogen-bond donors (Lipinski definition) is 1. The first-order valence-electron chi connectivity index (χ1n) is 8.40. The van der Waals surface area contributed by atoms with E-state index in [0.717, 1.165) is 25.0 Å². The summed E-state index contributed by atoms with van der Waals surface area (Å²) in [6.07, 6.45) is 2.73. The lowest BCUT2D eigenvalue weighted by Gasteiger charge is -2.36. The predicted molar refractivity (Wildman–Crippen MR) is 91.3 cm³/mol. The molecule has 0 saturated carbocycles. The van der Waals surface area contributed by atoms with Gasteiger partial charge < -0.3 is 5.32 Å². The standard InChI is InChI=1S/C19H32N2/c1-15-6-7-16(2)21(13-15)14-18-10-8-17(9-11-18)12-20-19(3,4)5/h8-11,15-16,20H,6-7,12-14H2,1-5H3. The molecule has 1 aliphatic heterocycles. The van der Waals surface area contributed by atoms with Crippen LogP contribution < -0.4 is 5.32 Å². The van der Waals surface area contributed by atoms with Crippen LogP contribution in [-0.4, -0.2) is 23.0 Å². The number of benzene rings is 1. The largest absolute Gasteiger partial charge is 0.308 e. The van der Waals surface area contributed by atoms with E-state index in [1.165, 1.54) is 30.5 Å². The van der Waals surface area contributed by atoms with Crippen molar-refractivity contribution in [1.29, 1.82) is 0 Å². The van der Waals surface area contributed by atoms with Gasteiger partial charge in [-0.2, -0.15) is 0 Å². The Bertz CT molecular complexity index is 430. The van der Waals surface area contributed by atoms with Crippen molar-refractivity contribution >= 4 is 0 Å². The highest BCUT2D eigenvalue weighted by Crippen LogP contribution is 2.23. The predicted octanol–water partition coefficient (Wildman–Crippen LogP) is 4.20. The monoisotopic (exact) mass is 288 g/mol. The molecular weight excluding hydrogens is 256 g/mol. The van der Waals surface area contributed by atoms with Crippen LogP contribution in [-0.2, 0) is 13.1 Å². The van der Waals surface area contributed by atoms with E-state index in [1.54, 1.807) is 0 Å².